The van der Waals surface area contributed by atoms with Gasteiger partial charge in [0.1, 0.15) is 0 Å². The molecule has 0 unspecified atom stereocenters. The molecule has 3 aromatic rings. The van der Waals surface area contributed by atoms with E-state index in [2.05, 4.69) is 15.2 Å². The lowest BCUT2D eigenvalue weighted by Gasteiger charge is -2.05. The number of benzene rings is 1. The van der Waals surface area contributed by atoms with Gasteiger partial charge in [-0.3, -0.25) is 9.20 Å². The van der Waals surface area contributed by atoms with E-state index in [0.717, 1.165) is 11.4 Å². The Balaban J connectivity index is 1.78. The molecule has 24 heavy (non-hydrogen) atoms. The first-order valence-corrected chi connectivity index (χ1v) is 8.17. The van der Waals surface area contributed by atoms with Gasteiger partial charge in [0, 0.05) is 17.0 Å². The normalized spacial score (nSPS) is 11.0. The average molecular weight is 346 g/mol. The number of halogens is 1. The number of ether oxygens (including phenoxy) is 1. The van der Waals surface area contributed by atoms with Crippen molar-refractivity contribution in [1.82, 2.24) is 19.6 Å². The zero-order valence-corrected chi connectivity index (χ0v) is 14.2. The highest BCUT2D eigenvalue weighted by Gasteiger charge is 2.14. The first kappa shape index (κ1) is 16.4. The van der Waals surface area contributed by atoms with E-state index in [1.165, 1.54) is 31.0 Å². The quantitative estimate of drug-likeness (QED) is 0.523. The van der Waals surface area contributed by atoms with Crippen LogP contribution in [0.4, 0.5) is 4.39 Å². The third-order valence-corrected chi connectivity index (χ3v) is 4.40. The lowest BCUT2D eigenvalue weighted by molar-refractivity contribution is 0.102. The van der Waals surface area contributed by atoms with Gasteiger partial charge in [-0.25, -0.2) is 9.37 Å². The zero-order chi connectivity index (χ0) is 17.3. The van der Waals surface area contributed by atoms with Crippen LogP contribution in [0.1, 0.15) is 21.7 Å². The van der Waals surface area contributed by atoms with Crippen molar-refractivity contribution in [1.29, 1.82) is 0 Å². The summed E-state index contributed by atoms with van der Waals surface area (Å²) in [6.45, 7) is 3.81. The van der Waals surface area contributed by atoms with Crippen molar-refractivity contribution in [3.63, 3.8) is 0 Å². The minimum atomic E-state index is -0.559. The van der Waals surface area contributed by atoms with E-state index in [1.807, 2.05) is 19.9 Å². The molecule has 0 spiro atoms. The van der Waals surface area contributed by atoms with Crippen LogP contribution in [-0.4, -0.2) is 38.2 Å². The Kier molecular flexibility index (Phi) is 4.48. The number of nitrogens with zero attached hydrogens (tertiary/aromatic N) is 4. The second-order valence-electron chi connectivity index (χ2n) is 5.22. The molecule has 0 aliphatic carbocycles. The number of aryl methyl sites for hydroxylation is 2. The Labute approximate surface area is 142 Å². The van der Waals surface area contributed by atoms with Crippen LogP contribution in [0.5, 0.6) is 5.75 Å². The zero-order valence-electron chi connectivity index (χ0n) is 13.4. The van der Waals surface area contributed by atoms with Gasteiger partial charge in [-0.05, 0) is 38.1 Å². The lowest BCUT2D eigenvalue weighted by Crippen LogP contribution is -2.05. The molecule has 0 bridgehead atoms. The Morgan fingerprint density at radius 2 is 2.08 bits per heavy atom. The molecule has 0 saturated heterocycles. The van der Waals surface area contributed by atoms with Crippen molar-refractivity contribution in [2.24, 2.45) is 0 Å². The average Bonchev–Trinajstić information content (AvgIpc) is 2.95. The van der Waals surface area contributed by atoms with E-state index in [0.29, 0.717) is 16.5 Å². The summed E-state index contributed by atoms with van der Waals surface area (Å²) in [5, 5.41) is 8.68. The molecule has 0 amide bonds. The fourth-order valence-corrected chi connectivity index (χ4v) is 3.23. The molecule has 0 aliphatic rings. The third kappa shape index (κ3) is 3.09. The molecule has 0 radical (unpaired) electrons. The van der Waals surface area contributed by atoms with Gasteiger partial charge in [0.25, 0.3) is 5.78 Å². The number of fused-ring (bicyclic) bond motifs is 1. The molecule has 0 N–H and O–H groups in total. The molecule has 3 rings (SSSR count). The van der Waals surface area contributed by atoms with E-state index < -0.39 is 5.82 Å². The molecule has 1 aromatic carbocycles. The maximum Gasteiger partial charge on any atom is 0.256 e. The molecule has 0 fully saturated rings. The number of hydrogen-bond acceptors (Lipinski definition) is 6. The highest BCUT2D eigenvalue weighted by molar-refractivity contribution is 7.99. The van der Waals surface area contributed by atoms with Crippen LogP contribution in [0, 0.1) is 19.7 Å². The molecule has 8 heteroatoms. The van der Waals surface area contributed by atoms with E-state index in [9.17, 15) is 9.18 Å². The summed E-state index contributed by atoms with van der Waals surface area (Å²) in [4.78, 5) is 16.6. The molecule has 2 aromatic heterocycles. The number of thioether (sulfide) groups is 1. The van der Waals surface area contributed by atoms with E-state index in [4.69, 9.17) is 4.74 Å². The summed E-state index contributed by atoms with van der Waals surface area (Å²) in [6, 6.07) is 6.08. The third-order valence-electron chi connectivity index (χ3n) is 3.47. The Morgan fingerprint density at radius 1 is 1.29 bits per heavy atom. The highest BCUT2D eigenvalue weighted by Crippen LogP contribution is 2.22. The molecule has 2 heterocycles. The number of carbonyl (C=O) groups is 1. The van der Waals surface area contributed by atoms with Gasteiger partial charge in [0.05, 0.1) is 12.9 Å². The van der Waals surface area contributed by atoms with Crippen LogP contribution in [0.3, 0.4) is 0 Å². The molecular weight excluding hydrogens is 331 g/mol. The molecule has 0 atom stereocenters. The smallest absolute Gasteiger partial charge is 0.256 e. The van der Waals surface area contributed by atoms with Gasteiger partial charge in [0.2, 0.25) is 0 Å². The molecule has 0 aliphatic heterocycles. The van der Waals surface area contributed by atoms with Crippen LogP contribution >= 0.6 is 11.8 Å². The number of Topliss-reactive ketones (excluding diaryl/α,β-unsaturated/α-hetero) is 1. The van der Waals surface area contributed by atoms with Gasteiger partial charge >= 0.3 is 0 Å². The topological polar surface area (TPSA) is 69.4 Å². The van der Waals surface area contributed by atoms with Crippen molar-refractivity contribution in [3.8, 4) is 5.75 Å². The standard InChI is InChI=1S/C16H15FN4O2S/c1-9-6-10(2)21-15(18-9)19-20-16(21)24-8-13(22)11-4-5-14(23-3)12(17)7-11/h4-7H,8H2,1-3H3. The Bertz CT molecular complexity index is 926. The van der Waals surface area contributed by atoms with Crippen molar-refractivity contribution >= 4 is 23.3 Å². The predicted molar refractivity (Wildman–Crippen MR) is 88.3 cm³/mol. The molecule has 124 valence electrons. The van der Waals surface area contributed by atoms with Gasteiger partial charge < -0.3 is 4.74 Å². The second-order valence-corrected chi connectivity index (χ2v) is 6.16. The summed E-state index contributed by atoms with van der Waals surface area (Å²) >= 11 is 1.24. The van der Waals surface area contributed by atoms with Crippen molar-refractivity contribution in [2.75, 3.05) is 12.9 Å². The van der Waals surface area contributed by atoms with Crippen LogP contribution in [0.15, 0.2) is 29.4 Å². The minimum absolute atomic E-state index is 0.111. The number of carbonyl (C=O) groups excluding carboxylic acids is 1. The molecule has 0 saturated carbocycles. The summed E-state index contributed by atoms with van der Waals surface area (Å²) in [5.74, 6) is -0.0228. The number of aromatic nitrogens is 4. The van der Waals surface area contributed by atoms with Gasteiger partial charge in [-0.15, -0.1) is 10.2 Å². The van der Waals surface area contributed by atoms with Crippen molar-refractivity contribution in [3.05, 3.63) is 47.0 Å². The Morgan fingerprint density at radius 3 is 2.79 bits per heavy atom. The largest absolute Gasteiger partial charge is 0.494 e. The highest BCUT2D eigenvalue weighted by atomic mass is 32.2. The van der Waals surface area contributed by atoms with E-state index >= 15 is 0 Å². The Hall–Kier alpha value is -2.48. The van der Waals surface area contributed by atoms with Crippen molar-refractivity contribution < 1.29 is 13.9 Å². The summed E-state index contributed by atoms with van der Waals surface area (Å²) in [7, 11) is 1.38. The number of hydrogen-bond donors (Lipinski definition) is 0. The summed E-state index contributed by atoms with van der Waals surface area (Å²) < 4.78 is 20.3. The maximum absolute atomic E-state index is 13.7. The lowest BCUT2D eigenvalue weighted by atomic mass is 10.1. The first-order valence-electron chi connectivity index (χ1n) is 7.18. The predicted octanol–water partition coefficient (Wildman–Crippen LogP) is 2.86. The number of methoxy groups -OCH3 is 1. The van der Waals surface area contributed by atoms with E-state index in [1.54, 1.807) is 10.5 Å². The van der Waals surface area contributed by atoms with Crippen LogP contribution < -0.4 is 4.74 Å². The van der Waals surface area contributed by atoms with Gasteiger partial charge in [0.15, 0.2) is 22.5 Å². The fraction of sp³-hybridized carbons (Fsp3) is 0.250. The number of ketones is 1. The maximum atomic E-state index is 13.7. The SMILES string of the molecule is COc1ccc(C(=O)CSc2nnc3nc(C)cc(C)n23)cc1F. The molecular formula is C16H15FN4O2S. The van der Waals surface area contributed by atoms with Crippen LogP contribution in [0.25, 0.3) is 5.78 Å². The monoisotopic (exact) mass is 346 g/mol. The van der Waals surface area contributed by atoms with Crippen LogP contribution in [0.2, 0.25) is 0 Å². The molecule has 6 nitrogen and oxygen atoms in total. The van der Waals surface area contributed by atoms with E-state index in [-0.39, 0.29) is 17.3 Å². The van der Waals surface area contributed by atoms with Gasteiger partial charge in [-0.2, -0.15) is 0 Å². The van der Waals surface area contributed by atoms with Crippen molar-refractivity contribution in [2.45, 2.75) is 19.0 Å². The fourth-order valence-electron chi connectivity index (χ4n) is 2.35. The second kappa shape index (κ2) is 6.56. The summed E-state index contributed by atoms with van der Waals surface area (Å²) in [5.41, 5.74) is 2.09. The summed E-state index contributed by atoms with van der Waals surface area (Å²) in [6.07, 6.45) is 0. The first-order chi connectivity index (χ1) is 11.5. The minimum Gasteiger partial charge on any atom is -0.494 e. The van der Waals surface area contributed by atoms with Gasteiger partial charge in [-0.1, -0.05) is 11.8 Å². The van der Waals surface area contributed by atoms with Crippen LogP contribution in [-0.2, 0) is 0 Å². The number of rotatable bonds is 5.